The van der Waals surface area contributed by atoms with Crippen molar-refractivity contribution in [1.82, 2.24) is 0 Å². The molecule has 0 bridgehead atoms. The van der Waals surface area contributed by atoms with Crippen LogP contribution in [-0.2, 0) is 0 Å². The van der Waals surface area contributed by atoms with Gasteiger partial charge >= 0.3 is 0 Å². The van der Waals surface area contributed by atoms with Gasteiger partial charge in [0.25, 0.3) is 0 Å². The van der Waals surface area contributed by atoms with Gasteiger partial charge in [0.1, 0.15) is 5.82 Å². The van der Waals surface area contributed by atoms with Crippen molar-refractivity contribution >= 4 is 15.9 Å². The molecule has 0 unspecified atom stereocenters. The summed E-state index contributed by atoms with van der Waals surface area (Å²) >= 11 is 3.25. The maximum atomic E-state index is 13.2. The summed E-state index contributed by atoms with van der Waals surface area (Å²) in [5.41, 5.74) is 5.42. The van der Waals surface area contributed by atoms with Crippen LogP contribution in [0.2, 0.25) is 0 Å². The van der Waals surface area contributed by atoms with Crippen molar-refractivity contribution in [2.45, 2.75) is 19.4 Å². The van der Waals surface area contributed by atoms with Gasteiger partial charge in [-0.1, -0.05) is 27.8 Å². The van der Waals surface area contributed by atoms with Crippen LogP contribution >= 0.6 is 15.9 Å². The quantitative estimate of drug-likeness (QED) is 0.709. The molecular formula is C11H11BrFN. The molecule has 3 heteroatoms. The zero-order valence-electron chi connectivity index (χ0n) is 8.07. The van der Waals surface area contributed by atoms with Gasteiger partial charge in [0.2, 0.25) is 0 Å². The van der Waals surface area contributed by atoms with Crippen LogP contribution in [0.4, 0.5) is 4.39 Å². The van der Waals surface area contributed by atoms with Gasteiger partial charge in [-0.2, -0.15) is 0 Å². The normalized spacial score (nSPS) is 10.6. The summed E-state index contributed by atoms with van der Waals surface area (Å²) in [4.78, 5) is 0. The van der Waals surface area contributed by atoms with Crippen molar-refractivity contribution < 1.29 is 4.39 Å². The molecule has 14 heavy (non-hydrogen) atoms. The lowest BCUT2D eigenvalue weighted by atomic mass is 10.1. The van der Waals surface area contributed by atoms with Gasteiger partial charge in [-0.15, -0.1) is 0 Å². The summed E-state index contributed by atoms with van der Waals surface area (Å²) in [6.07, 6.45) is 0. The number of hydrogen-bond donors (Lipinski definition) is 1. The molecule has 0 radical (unpaired) electrons. The molecule has 0 amide bonds. The maximum Gasteiger partial charge on any atom is 0.138 e. The van der Waals surface area contributed by atoms with E-state index in [4.69, 9.17) is 5.73 Å². The minimum Gasteiger partial charge on any atom is -0.316 e. The summed E-state index contributed by atoms with van der Waals surface area (Å²) < 4.78 is 14.0. The number of rotatable bonds is 0. The molecule has 1 rings (SSSR count). The summed E-state index contributed by atoms with van der Waals surface area (Å²) in [6.45, 7) is 3.55. The second kappa shape index (κ2) is 4.12. The van der Waals surface area contributed by atoms with Crippen LogP contribution < -0.4 is 5.73 Å². The Labute approximate surface area is 91.6 Å². The molecule has 0 aliphatic carbocycles. The smallest absolute Gasteiger partial charge is 0.138 e. The molecular weight excluding hydrogens is 245 g/mol. The maximum absolute atomic E-state index is 13.2. The Bertz CT molecular complexity index is 396. The van der Waals surface area contributed by atoms with Crippen LogP contribution in [0, 0.1) is 17.7 Å². The van der Waals surface area contributed by atoms with Gasteiger partial charge in [0, 0.05) is 4.47 Å². The first-order valence-electron chi connectivity index (χ1n) is 4.15. The molecule has 74 valence electrons. The predicted octanol–water partition coefficient (Wildman–Crippen LogP) is 2.68. The molecule has 0 aliphatic rings. The Balaban J connectivity index is 3.06. The first-order chi connectivity index (χ1) is 6.38. The highest BCUT2D eigenvalue weighted by Gasteiger charge is 2.05. The molecule has 0 aromatic heterocycles. The molecule has 1 nitrogen and oxygen atoms in total. The number of benzene rings is 1. The van der Waals surface area contributed by atoms with E-state index in [9.17, 15) is 4.39 Å². The molecule has 0 heterocycles. The lowest BCUT2D eigenvalue weighted by Crippen LogP contribution is -2.29. The molecule has 1 aromatic carbocycles. The SMILES string of the molecule is CC(C)(N)C#Cc1cc(Br)ccc1F. The first kappa shape index (κ1) is 11.2. The number of halogens is 2. The van der Waals surface area contributed by atoms with Crippen LogP contribution in [-0.4, -0.2) is 5.54 Å². The Kier molecular flexibility index (Phi) is 3.30. The third-order valence-electron chi connectivity index (χ3n) is 1.45. The third-order valence-corrected chi connectivity index (χ3v) is 1.94. The fourth-order valence-corrected chi connectivity index (χ4v) is 1.18. The average Bonchev–Trinajstić information content (AvgIpc) is 2.05. The van der Waals surface area contributed by atoms with Gasteiger partial charge < -0.3 is 5.73 Å². The van der Waals surface area contributed by atoms with Crippen LogP contribution in [0.3, 0.4) is 0 Å². The third kappa shape index (κ3) is 3.49. The van der Waals surface area contributed by atoms with E-state index in [0.29, 0.717) is 5.56 Å². The fraction of sp³-hybridized carbons (Fsp3) is 0.273. The van der Waals surface area contributed by atoms with Crippen LogP contribution in [0.25, 0.3) is 0 Å². The second-order valence-electron chi connectivity index (χ2n) is 3.60. The van der Waals surface area contributed by atoms with E-state index in [2.05, 4.69) is 27.8 Å². The summed E-state index contributed by atoms with van der Waals surface area (Å²) in [7, 11) is 0. The van der Waals surface area contributed by atoms with E-state index in [-0.39, 0.29) is 5.82 Å². The van der Waals surface area contributed by atoms with E-state index in [0.717, 1.165) is 4.47 Å². The van der Waals surface area contributed by atoms with Gasteiger partial charge in [0.15, 0.2) is 0 Å². The van der Waals surface area contributed by atoms with Crippen molar-refractivity contribution in [3.63, 3.8) is 0 Å². The highest BCUT2D eigenvalue weighted by molar-refractivity contribution is 9.10. The van der Waals surface area contributed by atoms with Crippen LogP contribution in [0.15, 0.2) is 22.7 Å². The minimum atomic E-state index is -0.602. The van der Waals surface area contributed by atoms with Gasteiger partial charge in [-0.05, 0) is 32.0 Å². The second-order valence-corrected chi connectivity index (χ2v) is 4.51. The molecule has 0 aliphatic heterocycles. The van der Waals surface area contributed by atoms with E-state index in [1.54, 1.807) is 26.0 Å². The molecule has 0 saturated carbocycles. The fourth-order valence-electron chi connectivity index (χ4n) is 0.822. The number of nitrogens with two attached hydrogens (primary N) is 1. The molecule has 0 spiro atoms. The van der Waals surface area contributed by atoms with E-state index in [1.165, 1.54) is 6.07 Å². The van der Waals surface area contributed by atoms with Crippen LogP contribution in [0.5, 0.6) is 0 Å². The van der Waals surface area contributed by atoms with Crippen molar-refractivity contribution in [2.24, 2.45) is 5.73 Å². The monoisotopic (exact) mass is 255 g/mol. The van der Waals surface area contributed by atoms with E-state index < -0.39 is 5.54 Å². The zero-order chi connectivity index (χ0) is 10.8. The highest BCUT2D eigenvalue weighted by atomic mass is 79.9. The van der Waals surface area contributed by atoms with Gasteiger partial charge in [0.05, 0.1) is 11.1 Å². The standard InChI is InChI=1S/C11H11BrFN/c1-11(2,14)6-5-8-7-9(12)3-4-10(8)13/h3-4,7H,14H2,1-2H3. The highest BCUT2D eigenvalue weighted by Crippen LogP contribution is 2.14. The van der Waals surface area contributed by atoms with E-state index >= 15 is 0 Å². The average molecular weight is 256 g/mol. The summed E-state index contributed by atoms with van der Waals surface area (Å²) in [5, 5.41) is 0. The molecule has 1 aromatic rings. The lowest BCUT2D eigenvalue weighted by molar-refractivity contribution is 0.623. The minimum absolute atomic E-state index is 0.329. The van der Waals surface area contributed by atoms with Crippen LogP contribution in [0.1, 0.15) is 19.4 Å². The Hall–Kier alpha value is -0.850. The van der Waals surface area contributed by atoms with Crippen molar-refractivity contribution in [3.05, 3.63) is 34.1 Å². The predicted molar refractivity (Wildman–Crippen MR) is 59.2 cm³/mol. The molecule has 0 saturated heterocycles. The zero-order valence-corrected chi connectivity index (χ0v) is 9.65. The largest absolute Gasteiger partial charge is 0.316 e. The van der Waals surface area contributed by atoms with Crippen molar-refractivity contribution in [3.8, 4) is 11.8 Å². The Morgan fingerprint density at radius 1 is 1.43 bits per heavy atom. The lowest BCUT2D eigenvalue weighted by Gasteiger charge is -2.07. The Morgan fingerprint density at radius 3 is 2.64 bits per heavy atom. The molecule has 0 fully saturated rings. The summed E-state index contributed by atoms with van der Waals surface area (Å²) in [6, 6.07) is 4.64. The van der Waals surface area contributed by atoms with Crippen molar-refractivity contribution in [2.75, 3.05) is 0 Å². The molecule has 2 N–H and O–H groups in total. The van der Waals surface area contributed by atoms with Crippen molar-refractivity contribution in [1.29, 1.82) is 0 Å². The summed E-state index contributed by atoms with van der Waals surface area (Å²) in [5.74, 6) is 5.16. The van der Waals surface area contributed by atoms with Gasteiger partial charge in [-0.25, -0.2) is 4.39 Å². The van der Waals surface area contributed by atoms with Gasteiger partial charge in [-0.3, -0.25) is 0 Å². The Morgan fingerprint density at radius 2 is 2.07 bits per heavy atom. The first-order valence-corrected chi connectivity index (χ1v) is 4.95. The number of hydrogen-bond acceptors (Lipinski definition) is 1. The topological polar surface area (TPSA) is 26.0 Å². The van der Waals surface area contributed by atoms with E-state index in [1.807, 2.05) is 0 Å². The molecule has 0 atom stereocenters.